The van der Waals surface area contributed by atoms with Gasteiger partial charge in [-0.25, -0.2) is 9.52 Å². The molecule has 0 spiro atoms. The predicted molar refractivity (Wildman–Crippen MR) is 110 cm³/mol. The Morgan fingerprint density at radius 1 is 1.07 bits per heavy atom. The Hall–Kier alpha value is -3.08. The monoisotopic (exact) mass is 415 g/mol. The van der Waals surface area contributed by atoms with Crippen LogP contribution in [0.4, 0.5) is 10.5 Å². The van der Waals surface area contributed by atoms with E-state index < -0.39 is 16.2 Å². The lowest BCUT2D eigenvalue weighted by molar-refractivity contribution is 0.104. The average Bonchev–Trinajstić information content (AvgIpc) is 2.73. The minimum absolute atomic E-state index is 0.215. The van der Waals surface area contributed by atoms with E-state index in [1.54, 1.807) is 36.5 Å². The summed E-state index contributed by atoms with van der Waals surface area (Å²) >= 11 is 0. The van der Waals surface area contributed by atoms with Gasteiger partial charge in [-0.15, -0.1) is 0 Å². The second-order valence-electron chi connectivity index (χ2n) is 6.24. The number of aromatic nitrogens is 1. The molecule has 2 aromatic rings. The number of ketones is 1. The minimum atomic E-state index is -3.90. The van der Waals surface area contributed by atoms with Crippen LogP contribution in [-0.4, -0.2) is 55.7 Å². The predicted octanol–water partition coefficient (Wildman–Crippen LogP) is 1.25. The number of urea groups is 1. The van der Waals surface area contributed by atoms with Crippen LogP contribution in [0.3, 0.4) is 0 Å². The van der Waals surface area contributed by atoms with Crippen LogP contribution >= 0.6 is 0 Å². The normalized spacial score (nSPS) is 15.2. The van der Waals surface area contributed by atoms with Crippen molar-refractivity contribution in [3.05, 3.63) is 66.0 Å². The molecule has 1 aromatic carbocycles. The molecule has 10 heteroatoms. The first-order chi connectivity index (χ1) is 13.9. The number of pyridine rings is 1. The molecule has 0 bridgehead atoms. The molecule has 3 rings (SSSR count). The lowest BCUT2D eigenvalue weighted by Crippen LogP contribution is -2.52. The molecule has 1 aliphatic heterocycles. The van der Waals surface area contributed by atoms with Gasteiger partial charge in [-0.3, -0.25) is 9.78 Å². The average molecular weight is 415 g/mol. The molecule has 0 saturated carbocycles. The lowest BCUT2D eigenvalue weighted by atomic mass is 10.1. The number of anilines is 1. The van der Waals surface area contributed by atoms with Gasteiger partial charge < -0.3 is 10.6 Å². The summed E-state index contributed by atoms with van der Waals surface area (Å²) in [6.07, 6.45) is 4.67. The maximum absolute atomic E-state index is 12.2. The van der Waals surface area contributed by atoms with Crippen LogP contribution in [0.15, 0.2) is 54.7 Å². The van der Waals surface area contributed by atoms with E-state index in [4.69, 9.17) is 0 Å². The standard InChI is InChI=1S/C19H21N5O4S/c25-18(9-8-16-3-1-2-10-21-16)15-4-6-17(7-5-15)22-19(26)23-29(27,28)24-13-11-20-12-14-24/h1-10,20H,11-14H2,(H2,22,23,26)/b9-8+. The number of carbonyl (C=O) groups is 2. The Morgan fingerprint density at radius 3 is 2.45 bits per heavy atom. The number of amides is 2. The number of carbonyl (C=O) groups excluding carboxylic acids is 2. The highest BCUT2D eigenvalue weighted by molar-refractivity contribution is 7.87. The highest BCUT2D eigenvalue weighted by Gasteiger charge is 2.25. The first-order valence-corrected chi connectivity index (χ1v) is 10.4. The van der Waals surface area contributed by atoms with Crippen LogP contribution < -0.4 is 15.4 Å². The van der Waals surface area contributed by atoms with Crippen molar-refractivity contribution in [2.24, 2.45) is 0 Å². The molecule has 0 atom stereocenters. The van der Waals surface area contributed by atoms with Crippen LogP contribution in [0.5, 0.6) is 0 Å². The summed E-state index contributed by atoms with van der Waals surface area (Å²) in [5.74, 6) is -0.215. The zero-order valence-electron chi connectivity index (χ0n) is 15.5. The van der Waals surface area contributed by atoms with Gasteiger partial charge in [-0.1, -0.05) is 6.07 Å². The van der Waals surface area contributed by atoms with Gasteiger partial charge in [0.2, 0.25) is 0 Å². The second kappa shape index (κ2) is 9.41. The largest absolute Gasteiger partial charge is 0.333 e. The summed E-state index contributed by atoms with van der Waals surface area (Å²) < 4.78 is 27.6. The van der Waals surface area contributed by atoms with Crippen molar-refractivity contribution in [1.82, 2.24) is 19.3 Å². The minimum Gasteiger partial charge on any atom is -0.314 e. The molecule has 9 nitrogen and oxygen atoms in total. The van der Waals surface area contributed by atoms with Crippen LogP contribution in [0.25, 0.3) is 6.08 Å². The smallest absolute Gasteiger partial charge is 0.314 e. The summed E-state index contributed by atoms with van der Waals surface area (Å²) in [5.41, 5.74) is 1.46. The quantitative estimate of drug-likeness (QED) is 0.482. The first kappa shape index (κ1) is 20.6. The summed E-state index contributed by atoms with van der Waals surface area (Å²) in [7, 11) is -3.90. The SMILES string of the molecule is O=C(Nc1ccc(C(=O)/C=C/c2ccccn2)cc1)NS(=O)(=O)N1CCNCC1. The van der Waals surface area contributed by atoms with E-state index in [9.17, 15) is 18.0 Å². The Kier molecular flexibility index (Phi) is 6.70. The highest BCUT2D eigenvalue weighted by atomic mass is 32.2. The molecule has 3 N–H and O–H groups in total. The second-order valence-corrected chi connectivity index (χ2v) is 7.91. The summed E-state index contributed by atoms with van der Waals surface area (Å²) in [6.45, 7) is 1.66. The lowest BCUT2D eigenvalue weighted by Gasteiger charge is -2.26. The first-order valence-electron chi connectivity index (χ1n) is 8.97. The number of nitrogens with zero attached hydrogens (tertiary/aromatic N) is 2. The third kappa shape index (κ3) is 5.95. The molecule has 152 valence electrons. The molecule has 1 fully saturated rings. The third-order valence-corrected chi connectivity index (χ3v) is 5.65. The fraction of sp³-hybridized carbons (Fsp3) is 0.211. The molecule has 0 radical (unpaired) electrons. The van der Waals surface area contributed by atoms with Crippen molar-refractivity contribution < 1.29 is 18.0 Å². The van der Waals surface area contributed by atoms with E-state index in [0.717, 1.165) is 0 Å². The van der Waals surface area contributed by atoms with E-state index in [1.165, 1.54) is 22.5 Å². The fourth-order valence-corrected chi connectivity index (χ4v) is 3.75. The number of nitrogens with one attached hydrogen (secondary N) is 3. The molecular formula is C19H21N5O4S. The molecule has 2 heterocycles. The van der Waals surface area contributed by atoms with E-state index in [1.807, 2.05) is 10.8 Å². The van der Waals surface area contributed by atoms with Crippen LogP contribution in [0.1, 0.15) is 16.1 Å². The number of piperazine rings is 1. The molecule has 1 aliphatic rings. The van der Waals surface area contributed by atoms with Gasteiger partial charge in [0.15, 0.2) is 5.78 Å². The van der Waals surface area contributed by atoms with Crippen molar-refractivity contribution in [3.63, 3.8) is 0 Å². The Morgan fingerprint density at radius 2 is 1.79 bits per heavy atom. The van der Waals surface area contributed by atoms with Crippen LogP contribution in [-0.2, 0) is 10.2 Å². The fourth-order valence-electron chi connectivity index (χ4n) is 2.67. The molecule has 0 aliphatic carbocycles. The van der Waals surface area contributed by atoms with Gasteiger partial charge in [0.05, 0.1) is 5.69 Å². The third-order valence-electron chi connectivity index (χ3n) is 4.16. The molecule has 1 aromatic heterocycles. The van der Waals surface area contributed by atoms with Gasteiger partial charge >= 0.3 is 16.2 Å². The molecular weight excluding hydrogens is 394 g/mol. The van der Waals surface area contributed by atoms with Crippen molar-refractivity contribution >= 4 is 33.8 Å². The number of hydrogen-bond acceptors (Lipinski definition) is 6. The zero-order valence-corrected chi connectivity index (χ0v) is 16.4. The van der Waals surface area contributed by atoms with Crippen molar-refractivity contribution in [2.45, 2.75) is 0 Å². The Bertz CT molecular complexity index is 985. The van der Waals surface area contributed by atoms with Gasteiger partial charge in [-0.05, 0) is 48.6 Å². The van der Waals surface area contributed by atoms with Gasteiger partial charge in [0.25, 0.3) is 0 Å². The van der Waals surface area contributed by atoms with Gasteiger partial charge in [-0.2, -0.15) is 12.7 Å². The van der Waals surface area contributed by atoms with E-state index in [-0.39, 0.29) is 5.78 Å². The zero-order chi connectivity index (χ0) is 20.7. The van der Waals surface area contributed by atoms with Crippen molar-refractivity contribution in [3.8, 4) is 0 Å². The van der Waals surface area contributed by atoms with E-state index >= 15 is 0 Å². The number of rotatable bonds is 6. The molecule has 1 saturated heterocycles. The summed E-state index contributed by atoms with van der Waals surface area (Å²) in [5, 5.41) is 5.49. The Balaban J connectivity index is 1.56. The molecule has 0 unspecified atom stereocenters. The van der Waals surface area contributed by atoms with Crippen molar-refractivity contribution in [1.29, 1.82) is 0 Å². The van der Waals surface area contributed by atoms with Gasteiger partial charge in [0, 0.05) is 43.6 Å². The number of benzene rings is 1. The molecule has 29 heavy (non-hydrogen) atoms. The van der Waals surface area contributed by atoms with Crippen LogP contribution in [0, 0.1) is 0 Å². The highest BCUT2D eigenvalue weighted by Crippen LogP contribution is 2.11. The number of allylic oxidation sites excluding steroid dienone is 1. The summed E-state index contributed by atoms with van der Waals surface area (Å²) in [6, 6.07) is 10.7. The topological polar surface area (TPSA) is 120 Å². The maximum atomic E-state index is 12.2. The molecule has 2 amide bonds. The van der Waals surface area contributed by atoms with Gasteiger partial charge in [0.1, 0.15) is 0 Å². The maximum Gasteiger partial charge on any atom is 0.333 e. The van der Waals surface area contributed by atoms with E-state index in [0.29, 0.717) is 43.1 Å². The number of hydrogen-bond donors (Lipinski definition) is 3. The van der Waals surface area contributed by atoms with Crippen molar-refractivity contribution in [2.75, 3.05) is 31.5 Å². The Labute approximate surface area is 169 Å². The van der Waals surface area contributed by atoms with Crippen LogP contribution in [0.2, 0.25) is 0 Å². The van der Waals surface area contributed by atoms with E-state index in [2.05, 4.69) is 15.6 Å². The summed E-state index contributed by atoms with van der Waals surface area (Å²) in [4.78, 5) is 28.3.